The molecule has 122 valence electrons. The van der Waals surface area contributed by atoms with Gasteiger partial charge in [-0.25, -0.2) is 9.78 Å². The van der Waals surface area contributed by atoms with Crippen LogP contribution >= 0.6 is 0 Å². The van der Waals surface area contributed by atoms with Crippen LogP contribution in [0.4, 0.5) is 4.79 Å². The lowest BCUT2D eigenvalue weighted by molar-refractivity contribution is 0.0288. The molecule has 0 spiro atoms. The highest BCUT2D eigenvalue weighted by atomic mass is 16.6. The Morgan fingerprint density at radius 1 is 1.45 bits per heavy atom. The summed E-state index contributed by atoms with van der Waals surface area (Å²) in [5.41, 5.74) is 0.765. The van der Waals surface area contributed by atoms with Crippen molar-refractivity contribution < 1.29 is 14.3 Å². The van der Waals surface area contributed by atoms with Gasteiger partial charge in [0, 0.05) is 25.4 Å². The smallest absolute Gasteiger partial charge is 0.410 e. The first-order valence-corrected chi connectivity index (χ1v) is 7.93. The molecule has 2 heterocycles. The van der Waals surface area contributed by atoms with Crippen molar-refractivity contribution in [1.82, 2.24) is 9.88 Å². The number of amides is 1. The molecule has 1 aromatic rings. The Kier molecular flexibility index (Phi) is 5.27. The van der Waals surface area contributed by atoms with Gasteiger partial charge in [-0.15, -0.1) is 0 Å². The van der Waals surface area contributed by atoms with E-state index in [2.05, 4.69) is 4.98 Å². The molecular formula is C17H26N2O3. The summed E-state index contributed by atoms with van der Waals surface area (Å²) in [5.74, 6) is 1.13. The summed E-state index contributed by atoms with van der Waals surface area (Å²) in [6.07, 6.45) is 3.51. The number of pyridine rings is 1. The van der Waals surface area contributed by atoms with Gasteiger partial charge in [0.1, 0.15) is 5.60 Å². The first-order chi connectivity index (χ1) is 10.4. The molecule has 0 radical (unpaired) electrons. The third-order valence-electron chi connectivity index (χ3n) is 3.55. The lowest BCUT2D eigenvalue weighted by Gasteiger charge is -2.24. The van der Waals surface area contributed by atoms with Crippen molar-refractivity contribution in [2.75, 3.05) is 19.7 Å². The molecule has 1 amide bonds. The average molecular weight is 306 g/mol. The third kappa shape index (κ3) is 4.90. The summed E-state index contributed by atoms with van der Waals surface area (Å²) in [6.45, 7) is 9.76. The van der Waals surface area contributed by atoms with Crippen molar-refractivity contribution in [1.29, 1.82) is 0 Å². The molecule has 0 unspecified atom stereocenters. The van der Waals surface area contributed by atoms with E-state index in [0.717, 1.165) is 25.9 Å². The maximum Gasteiger partial charge on any atom is 0.410 e. The van der Waals surface area contributed by atoms with E-state index in [4.69, 9.17) is 9.47 Å². The number of aromatic nitrogens is 1. The van der Waals surface area contributed by atoms with Gasteiger partial charge in [-0.05, 0) is 58.1 Å². The summed E-state index contributed by atoms with van der Waals surface area (Å²) < 4.78 is 10.9. The fourth-order valence-electron chi connectivity index (χ4n) is 2.63. The number of rotatable bonds is 4. The van der Waals surface area contributed by atoms with Gasteiger partial charge in [-0.1, -0.05) is 0 Å². The van der Waals surface area contributed by atoms with Crippen LogP contribution in [0.5, 0.6) is 5.88 Å². The van der Waals surface area contributed by atoms with Gasteiger partial charge in [0.05, 0.1) is 6.61 Å². The summed E-state index contributed by atoms with van der Waals surface area (Å²) >= 11 is 0. The fourth-order valence-corrected chi connectivity index (χ4v) is 2.63. The number of carbonyl (C=O) groups is 1. The summed E-state index contributed by atoms with van der Waals surface area (Å²) in [4.78, 5) is 18.1. The topological polar surface area (TPSA) is 51.7 Å². The number of hydrogen-bond donors (Lipinski definition) is 0. The highest BCUT2D eigenvalue weighted by Gasteiger charge is 2.29. The maximum absolute atomic E-state index is 12.1. The molecule has 5 heteroatoms. The van der Waals surface area contributed by atoms with Crippen LogP contribution in [0.2, 0.25) is 0 Å². The minimum absolute atomic E-state index is 0.209. The molecule has 0 bridgehead atoms. The quantitative estimate of drug-likeness (QED) is 0.856. The fraction of sp³-hybridized carbons (Fsp3) is 0.647. The number of nitrogens with zero attached hydrogens (tertiary/aromatic N) is 2. The highest BCUT2D eigenvalue weighted by Crippen LogP contribution is 2.23. The van der Waals surface area contributed by atoms with Crippen molar-refractivity contribution in [2.24, 2.45) is 5.92 Å². The Bertz CT molecular complexity index is 511. The normalized spacial score (nSPS) is 18.4. The van der Waals surface area contributed by atoms with E-state index in [1.165, 1.54) is 5.56 Å². The maximum atomic E-state index is 12.1. The lowest BCUT2D eigenvalue weighted by Crippen LogP contribution is -2.35. The van der Waals surface area contributed by atoms with Crippen LogP contribution in [0, 0.1) is 5.92 Å². The summed E-state index contributed by atoms with van der Waals surface area (Å²) in [6, 6.07) is 4.00. The van der Waals surface area contributed by atoms with Crippen LogP contribution in [-0.2, 0) is 11.2 Å². The van der Waals surface area contributed by atoms with E-state index in [1.807, 2.05) is 39.8 Å². The molecule has 1 aliphatic heterocycles. The van der Waals surface area contributed by atoms with Crippen LogP contribution < -0.4 is 4.74 Å². The predicted octanol–water partition coefficient (Wildman–Crippen LogP) is 3.28. The SMILES string of the molecule is CCOc1cc(C[C@H]2CCN(C(=O)OC(C)(C)C)C2)ccn1. The first-order valence-electron chi connectivity index (χ1n) is 7.93. The Balaban J connectivity index is 1.88. The van der Waals surface area contributed by atoms with Gasteiger partial charge >= 0.3 is 6.09 Å². The van der Waals surface area contributed by atoms with Gasteiger partial charge < -0.3 is 14.4 Å². The van der Waals surface area contributed by atoms with Crippen molar-refractivity contribution in [2.45, 2.75) is 46.1 Å². The average Bonchev–Trinajstić information content (AvgIpc) is 2.86. The Labute approximate surface area is 132 Å². The third-order valence-corrected chi connectivity index (χ3v) is 3.55. The standard InChI is InChI=1S/C17H26N2O3/c1-5-21-15-11-13(6-8-18-15)10-14-7-9-19(12-14)16(20)22-17(2,3)4/h6,8,11,14H,5,7,9-10,12H2,1-4H3/t14-/m1/s1. The van der Waals surface area contributed by atoms with Crippen molar-refractivity contribution >= 4 is 6.09 Å². The molecule has 1 atom stereocenters. The van der Waals surface area contributed by atoms with Crippen LogP contribution in [0.1, 0.15) is 39.7 Å². The largest absolute Gasteiger partial charge is 0.478 e. The van der Waals surface area contributed by atoms with E-state index < -0.39 is 5.60 Å². The van der Waals surface area contributed by atoms with Crippen LogP contribution in [-0.4, -0.2) is 41.3 Å². The number of likely N-dealkylation sites (tertiary alicyclic amines) is 1. The second-order valence-electron chi connectivity index (χ2n) is 6.72. The molecule has 0 N–H and O–H groups in total. The molecule has 2 rings (SSSR count). The van der Waals surface area contributed by atoms with E-state index in [0.29, 0.717) is 18.4 Å². The van der Waals surface area contributed by atoms with E-state index >= 15 is 0 Å². The molecule has 5 nitrogen and oxygen atoms in total. The Morgan fingerprint density at radius 3 is 2.91 bits per heavy atom. The van der Waals surface area contributed by atoms with Crippen LogP contribution in [0.15, 0.2) is 18.3 Å². The molecule has 1 aromatic heterocycles. The second kappa shape index (κ2) is 6.99. The Morgan fingerprint density at radius 2 is 2.23 bits per heavy atom. The van der Waals surface area contributed by atoms with Crippen molar-refractivity contribution in [3.63, 3.8) is 0 Å². The molecule has 22 heavy (non-hydrogen) atoms. The Hall–Kier alpha value is -1.78. The zero-order chi connectivity index (χ0) is 16.2. The van der Waals surface area contributed by atoms with Crippen molar-refractivity contribution in [3.8, 4) is 5.88 Å². The molecular weight excluding hydrogens is 280 g/mol. The van der Waals surface area contributed by atoms with Gasteiger partial charge in [0.15, 0.2) is 0 Å². The molecule has 0 aliphatic carbocycles. The molecule has 1 aliphatic rings. The lowest BCUT2D eigenvalue weighted by atomic mass is 9.99. The molecule has 0 saturated carbocycles. The highest BCUT2D eigenvalue weighted by molar-refractivity contribution is 5.68. The molecule has 1 fully saturated rings. The van der Waals surface area contributed by atoms with Gasteiger partial charge in [0.25, 0.3) is 0 Å². The van der Waals surface area contributed by atoms with Gasteiger partial charge in [-0.3, -0.25) is 0 Å². The monoisotopic (exact) mass is 306 g/mol. The van der Waals surface area contributed by atoms with Crippen LogP contribution in [0.25, 0.3) is 0 Å². The van der Waals surface area contributed by atoms with E-state index in [9.17, 15) is 4.79 Å². The number of ether oxygens (including phenoxy) is 2. The van der Waals surface area contributed by atoms with Gasteiger partial charge in [0.2, 0.25) is 5.88 Å². The first kappa shape index (κ1) is 16.6. The minimum atomic E-state index is -0.438. The zero-order valence-electron chi connectivity index (χ0n) is 14.0. The number of hydrogen-bond acceptors (Lipinski definition) is 4. The minimum Gasteiger partial charge on any atom is -0.478 e. The molecule has 0 aromatic carbocycles. The second-order valence-corrected chi connectivity index (χ2v) is 6.72. The summed E-state index contributed by atoms with van der Waals surface area (Å²) in [5, 5.41) is 0. The molecule has 1 saturated heterocycles. The summed E-state index contributed by atoms with van der Waals surface area (Å²) in [7, 11) is 0. The number of carbonyl (C=O) groups excluding carboxylic acids is 1. The van der Waals surface area contributed by atoms with Crippen LogP contribution in [0.3, 0.4) is 0 Å². The predicted molar refractivity (Wildman–Crippen MR) is 85.0 cm³/mol. The zero-order valence-corrected chi connectivity index (χ0v) is 14.0. The van der Waals surface area contributed by atoms with Gasteiger partial charge in [-0.2, -0.15) is 0 Å². The van der Waals surface area contributed by atoms with E-state index in [-0.39, 0.29) is 6.09 Å². The van der Waals surface area contributed by atoms with E-state index in [1.54, 1.807) is 11.1 Å². The van der Waals surface area contributed by atoms with Crippen molar-refractivity contribution in [3.05, 3.63) is 23.9 Å².